The summed E-state index contributed by atoms with van der Waals surface area (Å²) in [4.78, 5) is 16.7. The smallest absolute Gasteiger partial charge is 0.222 e. The third-order valence-electron chi connectivity index (χ3n) is 6.39. The summed E-state index contributed by atoms with van der Waals surface area (Å²) in [5.41, 5.74) is 0.690. The van der Waals surface area contributed by atoms with Gasteiger partial charge in [-0.25, -0.2) is 20.4 Å². The van der Waals surface area contributed by atoms with E-state index in [9.17, 15) is 0 Å². The largest absolute Gasteiger partial charge is 0.231 e. The molecule has 0 amide bonds. The van der Waals surface area contributed by atoms with E-state index in [0.29, 0.717) is 5.41 Å². The van der Waals surface area contributed by atoms with E-state index in [0.717, 1.165) is 24.0 Å². The van der Waals surface area contributed by atoms with Gasteiger partial charge in [0.25, 0.3) is 0 Å². The minimum absolute atomic E-state index is 0.690. The molecule has 0 heterocycles. The maximum Gasteiger partial charge on any atom is 0.231 e. The topological polar surface area (TPSA) is 81.8 Å². The molecule has 0 aromatic heterocycles. The molecule has 2 rings (SSSR count). The molecule has 2 saturated carbocycles. The van der Waals surface area contributed by atoms with Gasteiger partial charge in [-0.2, -0.15) is 0 Å². The van der Waals surface area contributed by atoms with Crippen LogP contribution in [0.4, 0.5) is 0 Å². The van der Waals surface area contributed by atoms with E-state index < -0.39 is 0 Å². The van der Waals surface area contributed by atoms with Crippen molar-refractivity contribution >= 4 is 12.2 Å². The van der Waals surface area contributed by atoms with Crippen molar-refractivity contribution in [3.05, 3.63) is 0 Å². The monoisotopic (exact) mass is 350 g/mol. The summed E-state index contributed by atoms with van der Waals surface area (Å²) in [6, 6.07) is 0. The summed E-state index contributed by atoms with van der Waals surface area (Å²) in [6.07, 6.45) is 22.6. The van der Waals surface area contributed by atoms with Crippen LogP contribution in [0, 0.1) is 28.1 Å². The van der Waals surface area contributed by atoms with E-state index in [-0.39, 0.29) is 0 Å². The van der Waals surface area contributed by atoms with Crippen molar-refractivity contribution in [1.29, 1.82) is 10.8 Å². The van der Waals surface area contributed by atoms with Crippen LogP contribution >= 0.6 is 0 Å². The predicted molar refractivity (Wildman–Crippen MR) is 102 cm³/mol. The lowest BCUT2D eigenvalue weighted by atomic mass is 9.58. The number of rotatable bonds is 6. The predicted octanol–water partition coefficient (Wildman–Crippen LogP) is 6.54. The molecule has 0 bridgehead atoms. The highest BCUT2D eigenvalue weighted by Crippen LogP contribution is 2.51. The Morgan fingerprint density at radius 3 is 1.48 bits per heavy atom. The van der Waals surface area contributed by atoms with Gasteiger partial charge in [0, 0.05) is 0 Å². The van der Waals surface area contributed by atoms with Crippen molar-refractivity contribution in [2.75, 3.05) is 0 Å². The standard InChI is InChI=1S/C19H36.2CHNO/c1-3-4-11-16-19(2,17-12-7-5-8-13-17)18-14-9-6-10-15-18;2*2-1-3/h17-18H,3-16H2,1-2H3;2*2H. The van der Waals surface area contributed by atoms with Crippen molar-refractivity contribution in [3.63, 3.8) is 0 Å². The lowest BCUT2D eigenvalue weighted by Gasteiger charge is -2.47. The third kappa shape index (κ3) is 9.14. The number of hydrogen-bond donors (Lipinski definition) is 2. The first-order valence-corrected chi connectivity index (χ1v) is 10.2. The molecule has 0 aromatic rings. The Labute approximate surface area is 154 Å². The zero-order valence-electron chi connectivity index (χ0n) is 16.4. The number of carbonyl (C=O) groups excluding carboxylic acids is 2. The number of unbranched alkanes of at least 4 members (excludes halogenated alkanes) is 2. The number of isocyanates is 2. The summed E-state index contributed by atoms with van der Waals surface area (Å²) >= 11 is 0. The van der Waals surface area contributed by atoms with Crippen LogP contribution in [0.25, 0.3) is 0 Å². The minimum atomic E-state index is 0.690. The lowest BCUT2D eigenvalue weighted by molar-refractivity contribution is 0.0290. The van der Waals surface area contributed by atoms with Crippen LogP contribution in [0.3, 0.4) is 0 Å². The molecule has 0 aromatic carbocycles. The van der Waals surface area contributed by atoms with Crippen LogP contribution in [-0.4, -0.2) is 12.2 Å². The van der Waals surface area contributed by atoms with E-state index in [2.05, 4.69) is 13.8 Å². The third-order valence-corrected chi connectivity index (χ3v) is 6.39. The Balaban J connectivity index is 0.000000844. The molecular weight excluding hydrogens is 312 g/mol. The Hall–Kier alpha value is -1.24. The molecule has 2 aliphatic carbocycles. The van der Waals surface area contributed by atoms with Gasteiger partial charge in [-0.3, -0.25) is 0 Å². The highest BCUT2D eigenvalue weighted by molar-refractivity contribution is 5.26. The number of nitrogens with one attached hydrogen (secondary N) is 2. The van der Waals surface area contributed by atoms with Crippen molar-refractivity contribution in [1.82, 2.24) is 0 Å². The molecule has 0 atom stereocenters. The molecule has 2 N–H and O–H groups in total. The SMILES string of the molecule is CCCCCC(C)(C1CCCCC1)C1CCCCC1.N=C=O.N=C=O. The lowest BCUT2D eigenvalue weighted by Crippen LogP contribution is -2.37. The first-order valence-electron chi connectivity index (χ1n) is 10.2. The van der Waals surface area contributed by atoms with E-state index in [4.69, 9.17) is 20.4 Å². The van der Waals surface area contributed by atoms with E-state index in [1.54, 1.807) is 25.7 Å². The molecule has 0 saturated heterocycles. The molecule has 0 spiro atoms. The van der Waals surface area contributed by atoms with Crippen molar-refractivity contribution in [3.8, 4) is 0 Å². The van der Waals surface area contributed by atoms with Gasteiger partial charge in [-0.1, -0.05) is 71.6 Å². The molecule has 0 aliphatic heterocycles. The zero-order chi connectivity index (χ0) is 19.0. The van der Waals surface area contributed by atoms with Crippen LogP contribution in [0.15, 0.2) is 0 Å². The van der Waals surface area contributed by atoms with Gasteiger partial charge in [0.1, 0.15) is 0 Å². The van der Waals surface area contributed by atoms with Gasteiger partial charge in [0.2, 0.25) is 12.2 Å². The van der Waals surface area contributed by atoms with Crippen LogP contribution in [0.2, 0.25) is 0 Å². The molecule has 0 radical (unpaired) electrons. The summed E-state index contributed by atoms with van der Waals surface area (Å²) in [5.74, 6) is 2.11. The molecule has 0 unspecified atom stereocenters. The Morgan fingerprint density at radius 2 is 1.16 bits per heavy atom. The van der Waals surface area contributed by atoms with Crippen LogP contribution in [0.1, 0.15) is 104 Å². The van der Waals surface area contributed by atoms with Crippen molar-refractivity contribution in [2.24, 2.45) is 17.3 Å². The Kier molecular flexibility index (Phi) is 14.3. The molecule has 4 nitrogen and oxygen atoms in total. The first kappa shape index (κ1) is 23.8. The highest BCUT2D eigenvalue weighted by atomic mass is 16.1. The second-order valence-corrected chi connectivity index (χ2v) is 7.84. The molecule has 25 heavy (non-hydrogen) atoms. The van der Waals surface area contributed by atoms with Gasteiger partial charge < -0.3 is 0 Å². The molecule has 4 heteroatoms. The summed E-state index contributed by atoms with van der Waals surface area (Å²) in [7, 11) is 0. The molecular formula is C21H38N2O2. The van der Waals surface area contributed by atoms with Crippen molar-refractivity contribution < 1.29 is 9.59 Å². The number of hydrogen-bond acceptors (Lipinski definition) is 4. The van der Waals surface area contributed by atoms with Gasteiger partial charge in [0.05, 0.1) is 0 Å². The van der Waals surface area contributed by atoms with Crippen LogP contribution in [-0.2, 0) is 9.59 Å². The second kappa shape index (κ2) is 15.0. The quantitative estimate of drug-likeness (QED) is 0.324. The van der Waals surface area contributed by atoms with E-state index in [1.807, 2.05) is 0 Å². The zero-order valence-corrected chi connectivity index (χ0v) is 16.4. The summed E-state index contributed by atoms with van der Waals surface area (Å²) < 4.78 is 0. The fourth-order valence-electron chi connectivity index (χ4n) is 5.02. The second-order valence-electron chi connectivity index (χ2n) is 7.84. The fraction of sp³-hybridized carbons (Fsp3) is 0.905. The first-order chi connectivity index (χ1) is 12.1. The average Bonchev–Trinajstić information content (AvgIpc) is 2.64. The van der Waals surface area contributed by atoms with Gasteiger partial charge in [0.15, 0.2) is 0 Å². The van der Waals surface area contributed by atoms with Gasteiger partial charge in [-0.15, -0.1) is 0 Å². The Morgan fingerprint density at radius 1 is 0.800 bits per heavy atom. The normalized spacial score (nSPS) is 18.6. The van der Waals surface area contributed by atoms with Crippen LogP contribution < -0.4 is 0 Å². The maximum absolute atomic E-state index is 8.35. The maximum atomic E-state index is 8.35. The molecule has 144 valence electrons. The highest BCUT2D eigenvalue weighted by Gasteiger charge is 2.40. The summed E-state index contributed by atoms with van der Waals surface area (Å²) in [6.45, 7) is 5.03. The fourth-order valence-corrected chi connectivity index (χ4v) is 5.02. The minimum Gasteiger partial charge on any atom is -0.222 e. The van der Waals surface area contributed by atoms with Crippen molar-refractivity contribution in [2.45, 2.75) is 104 Å². The van der Waals surface area contributed by atoms with Gasteiger partial charge >= 0.3 is 0 Å². The van der Waals surface area contributed by atoms with E-state index >= 15 is 0 Å². The van der Waals surface area contributed by atoms with Crippen LogP contribution in [0.5, 0.6) is 0 Å². The van der Waals surface area contributed by atoms with Gasteiger partial charge in [-0.05, 0) is 49.4 Å². The average molecular weight is 351 g/mol. The Bertz CT molecular complexity index is 355. The summed E-state index contributed by atoms with van der Waals surface area (Å²) in [5, 5.41) is 10.8. The van der Waals surface area contributed by atoms with E-state index in [1.165, 1.54) is 64.2 Å². The molecule has 2 aliphatic rings. The molecule has 2 fully saturated rings.